The van der Waals surface area contributed by atoms with E-state index in [1.54, 1.807) is 24.3 Å². The molecular weight excluding hydrogens is 468 g/mol. The third-order valence-corrected chi connectivity index (χ3v) is 6.76. The molecule has 37 heavy (non-hydrogen) atoms. The first kappa shape index (κ1) is 24.6. The first-order valence-electron chi connectivity index (χ1n) is 12.4. The zero-order chi connectivity index (χ0) is 26.1. The molecule has 0 aliphatic carbocycles. The molecule has 2 unspecified atom stereocenters. The maximum atomic E-state index is 13.2. The highest BCUT2D eigenvalue weighted by Gasteiger charge is 2.20. The number of para-hydroxylation sites is 1. The lowest BCUT2D eigenvalue weighted by molar-refractivity contribution is 0.0532. The van der Waals surface area contributed by atoms with E-state index in [4.69, 9.17) is 9.15 Å². The molecule has 1 fully saturated rings. The molecule has 2 N–H and O–H groups in total. The van der Waals surface area contributed by atoms with Gasteiger partial charge >= 0.3 is 5.97 Å². The summed E-state index contributed by atoms with van der Waals surface area (Å²) in [5.74, 6) is -0.518. The summed E-state index contributed by atoms with van der Waals surface area (Å²) in [5, 5.41) is 13.4. The average Bonchev–Trinajstić information content (AvgIpc) is 2.89. The number of morpholine rings is 1. The van der Waals surface area contributed by atoms with Crippen molar-refractivity contribution in [2.24, 2.45) is 0 Å². The van der Waals surface area contributed by atoms with E-state index in [2.05, 4.69) is 17.1 Å². The van der Waals surface area contributed by atoms with Crippen molar-refractivity contribution < 1.29 is 19.1 Å². The largest absolute Gasteiger partial charge is 0.478 e. The Morgan fingerprint density at radius 2 is 1.86 bits per heavy atom. The maximum absolute atomic E-state index is 13.2. The van der Waals surface area contributed by atoms with Gasteiger partial charge in [0.05, 0.1) is 29.7 Å². The second kappa shape index (κ2) is 10.1. The highest BCUT2D eigenvalue weighted by Crippen LogP contribution is 2.32. The number of aromatic carboxylic acids is 1. The van der Waals surface area contributed by atoms with Crippen LogP contribution >= 0.6 is 0 Å². The summed E-state index contributed by atoms with van der Waals surface area (Å²) in [6.45, 7) is 8.31. The minimum Gasteiger partial charge on any atom is -0.478 e. The van der Waals surface area contributed by atoms with Crippen LogP contribution in [0.3, 0.4) is 0 Å². The Kier molecular flexibility index (Phi) is 6.72. The first-order valence-corrected chi connectivity index (χ1v) is 12.4. The van der Waals surface area contributed by atoms with Crippen molar-refractivity contribution in [1.82, 2.24) is 0 Å². The van der Waals surface area contributed by atoms with Crippen LogP contribution in [0.15, 0.2) is 75.9 Å². The van der Waals surface area contributed by atoms with Crippen molar-refractivity contribution in [3.63, 3.8) is 0 Å². The monoisotopic (exact) mass is 498 g/mol. The summed E-state index contributed by atoms with van der Waals surface area (Å²) in [6.07, 6.45) is 0.187. The fourth-order valence-corrected chi connectivity index (χ4v) is 4.89. The summed E-state index contributed by atoms with van der Waals surface area (Å²) in [6, 6.07) is 19.8. The number of hydrogen-bond acceptors (Lipinski definition) is 6. The number of fused-ring (bicyclic) bond motifs is 1. The molecule has 1 aliphatic heterocycles. The minimum atomic E-state index is -1.01. The van der Waals surface area contributed by atoms with Crippen LogP contribution in [0, 0.1) is 6.92 Å². The normalized spacial score (nSPS) is 16.5. The van der Waals surface area contributed by atoms with Gasteiger partial charge in [0.25, 0.3) is 0 Å². The van der Waals surface area contributed by atoms with Crippen LogP contribution in [0.4, 0.5) is 11.4 Å². The van der Waals surface area contributed by atoms with Crippen LogP contribution in [0.5, 0.6) is 0 Å². The topological polar surface area (TPSA) is 92.0 Å². The molecule has 0 saturated carbocycles. The molecule has 1 aromatic heterocycles. The van der Waals surface area contributed by atoms with Gasteiger partial charge in [-0.3, -0.25) is 4.79 Å². The molecule has 0 radical (unpaired) electrons. The van der Waals surface area contributed by atoms with Crippen LogP contribution in [-0.2, 0) is 4.74 Å². The van der Waals surface area contributed by atoms with Gasteiger partial charge in [-0.2, -0.15) is 0 Å². The van der Waals surface area contributed by atoms with Crippen LogP contribution < -0.4 is 15.6 Å². The Balaban J connectivity index is 1.52. The molecule has 2 atom stereocenters. The number of aryl methyl sites for hydroxylation is 1. The highest BCUT2D eigenvalue weighted by molar-refractivity contribution is 5.94. The van der Waals surface area contributed by atoms with E-state index in [9.17, 15) is 14.7 Å². The number of carboxylic acids is 1. The summed E-state index contributed by atoms with van der Waals surface area (Å²) >= 11 is 0. The zero-order valence-electron chi connectivity index (χ0n) is 21.2. The van der Waals surface area contributed by atoms with Crippen LogP contribution in [0.1, 0.15) is 41.4 Å². The Bertz CT molecular complexity index is 1510. The molecule has 3 aromatic carbocycles. The maximum Gasteiger partial charge on any atom is 0.337 e. The summed E-state index contributed by atoms with van der Waals surface area (Å²) < 4.78 is 12.0. The van der Waals surface area contributed by atoms with Crippen molar-refractivity contribution in [3.05, 3.63) is 93.6 Å². The average molecular weight is 499 g/mol. The second-order valence-electron chi connectivity index (χ2n) is 9.60. The SMILES string of the molecule is Cc1cc(C(C)Nc2ccccc2C(=O)O)c2oc(-c3ccc(N4CCOC(C)C4)cc3)cc(=O)c2c1. The third-order valence-electron chi connectivity index (χ3n) is 6.76. The van der Waals surface area contributed by atoms with E-state index in [-0.39, 0.29) is 23.1 Å². The number of anilines is 2. The van der Waals surface area contributed by atoms with Gasteiger partial charge < -0.3 is 24.5 Å². The molecule has 0 amide bonds. The van der Waals surface area contributed by atoms with E-state index in [1.807, 2.05) is 50.2 Å². The van der Waals surface area contributed by atoms with Crippen LogP contribution in [0.2, 0.25) is 0 Å². The van der Waals surface area contributed by atoms with Gasteiger partial charge in [-0.1, -0.05) is 18.2 Å². The van der Waals surface area contributed by atoms with Crippen LogP contribution in [-0.4, -0.2) is 36.9 Å². The predicted octanol–water partition coefficient (Wildman–Crippen LogP) is 5.86. The van der Waals surface area contributed by atoms with Gasteiger partial charge in [0, 0.05) is 41.7 Å². The Hall–Kier alpha value is -4.10. The molecule has 190 valence electrons. The Labute approximate surface area is 215 Å². The van der Waals surface area contributed by atoms with E-state index < -0.39 is 5.97 Å². The van der Waals surface area contributed by atoms with Gasteiger partial charge in [0.1, 0.15) is 11.3 Å². The number of benzene rings is 3. The standard InChI is InChI=1S/C30H30N2O5/c1-18-14-24(20(3)31-26-7-5-4-6-23(26)30(34)35)29-25(15-18)27(33)16-28(37-29)21-8-10-22(11-9-21)32-12-13-36-19(2)17-32/h4-11,14-16,19-20,31H,12-13,17H2,1-3H3,(H,34,35). The molecule has 7 heteroatoms. The fraction of sp³-hybridized carbons (Fsp3) is 0.267. The fourth-order valence-electron chi connectivity index (χ4n) is 4.89. The van der Waals surface area contributed by atoms with E-state index in [0.29, 0.717) is 29.0 Å². The quantitative estimate of drug-likeness (QED) is 0.344. The third kappa shape index (κ3) is 5.08. The number of carboxylic acid groups (broad SMARTS) is 1. The Morgan fingerprint density at radius 1 is 1.11 bits per heavy atom. The Morgan fingerprint density at radius 3 is 2.59 bits per heavy atom. The molecule has 4 aromatic rings. The van der Waals surface area contributed by atoms with E-state index >= 15 is 0 Å². The van der Waals surface area contributed by atoms with Crippen molar-refractivity contribution in [2.75, 3.05) is 29.9 Å². The number of hydrogen-bond donors (Lipinski definition) is 2. The second-order valence-corrected chi connectivity index (χ2v) is 9.60. The summed E-state index contributed by atoms with van der Waals surface area (Å²) in [5.41, 5.74) is 4.69. The lowest BCUT2D eigenvalue weighted by Gasteiger charge is -2.33. The molecule has 1 saturated heterocycles. The van der Waals surface area contributed by atoms with E-state index in [1.165, 1.54) is 6.07 Å². The molecule has 2 heterocycles. The highest BCUT2D eigenvalue weighted by atomic mass is 16.5. The van der Waals surface area contributed by atoms with Gasteiger partial charge in [-0.05, 0) is 68.8 Å². The van der Waals surface area contributed by atoms with Crippen molar-refractivity contribution in [3.8, 4) is 11.3 Å². The van der Waals surface area contributed by atoms with Gasteiger partial charge in [-0.15, -0.1) is 0 Å². The lowest BCUT2D eigenvalue weighted by Crippen LogP contribution is -2.41. The number of rotatable bonds is 6. The van der Waals surface area contributed by atoms with Gasteiger partial charge in [-0.25, -0.2) is 4.79 Å². The van der Waals surface area contributed by atoms with E-state index in [0.717, 1.165) is 35.5 Å². The van der Waals surface area contributed by atoms with Crippen molar-refractivity contribution in [2.45, 2.75) is 32.9 Å². The molecule has 1 aliphatic rings. The molecule has 5 rings (SSSR count). The first-order chi connectivity index (χ1) is 17.8. The van der Waals surface area contributed by atoms with Crippen molar-refractivity contribution >= 4 is 28.3 Å². The summed E-state index contributed by atoms with van der Waals surface area (Å²) in [7, 11) is 0. The lowest BCUT2D eigenvalue weighted by atomic mass is 10.00. The smallest absolute Gasteiger partial charge is 0.337 e. The molecular formula is C30H30N2O5. The van der Waals surface area contributed by atoms with Crippen LogP contribution in [0.25, 0.3) is 22.3 Å². The zero-order valence-corrected chi connectivity index (χ0v) is 21.2. The number of ether oxygens (including phenoxy) is 1. The van der Waals surface area contributed by atoms with Gasteiger partial charge in [0.15, 0.2) is 5.43 Å². The molecule has 7 nitrogen and oxygen atoms in total. The van der Waals surface area contributed by atoms with Crippen molar-refractivity contribution in [1.29, 1.82) is 0 Å². The molecule has 0 spiro atoms. The number of nitrogens with zero attached hydrogens (tertiary/aromatic N) is 1. The predicted molar refractivity (Wildman–Crippen MR) is 146 cm³/mol. The number of nitrogens with one attached hydrogen (secondary N) is 1. The minimum absolute atomic E-state index is 0.120. The molecule has 0 bridgehead atoms. The van der Waals surface area contributed by atoms with Gasteiger partial charge in [0.2, 0.25) is 0 Å². The summed E-state index contributed by atoms with van der Waals surface area (Å²) in [4.78, 5) is 27.1. The number of carbonyl (C=O) groups is 1.